The van der Waals surface area contributed by atoms with Crippen molar-refractivity contribution in [2.75, 3.05) is 10.6 Å². The van der Waals surface area contributed by atoms with Crippen molar-refractivity contribution in [1.29, 1.82) is 0 Å². The molecule has 3 rings (SSSR count). The van der Waals surface area contributed by atoms with Crippen LogP contribution in [0.15, 0.2) is 72.9 Å². The van der Waals surface area contributed by atoms with Crippen LogP contribution in [-0.4, -0.2) is 4.98 Å². The van der Waals surface area contributed by atoms with Gasteiger partial charge in [-0.05, 0) is 47.4 Å². The summed E-state index contributed by atoms with van der Waals surface area (Å²) in [4.78, 5) is 4.46. The van der Waals surface area contributed by atoms with Crippen LogP contribution >= 0.6 is 0 Å². The Morgan fingerprint density at radius 3 is 2.04 bits per heavy atom. The Balaban J connectivity index is 1.86. The molecule has 0 atom stereocenters. The second-order valence-electron chi connectivity index (χ2n) is 6.84. The van der Waals surface area contributed by atoms with Gasteiger partial charge in [-0.3, -0.25) is 0 Å². The van der Waals surface area contributed by atoms with Crippen molar-refractivity contribution in [3.8, 4) is 0 Å². The van der Waals surface area contributed by atoms with Crippen LogP contribution in [0.1, 0.15) is 26.3 Å². The molecule has 0 spiro atoms. The molecule has 0 aliphatic rings. The molecule has 0 aliphatic heterocycles. The molecule has 0 amide bonds. The maximum absolute atomic E-state index is 4.46. The Bertz CT molecular complexity index is 805. The molecule has 0 aliphatic carbocycles. The highest BCUT2D eigenvalue weighted by atomic mass is 15.0. The number of anilines is 4. The lowest BCUT2D eigenvalue weighted by Gasteiger charge is -2.20. The van der Waals surface area contributed by atoms with Crippen molar-refractivity contribution < 1.29 is 0 Å². The molecule has 1 aromatic heterocycles. The summed E-state index contributed by atoms with van der Waals surface area (Å²) in [5, 5.41) is 6.88. The standard InChI is InChI=1S/C21H23N3/c1-21(2,3)16-13-14-22-20(15-16)24-19-12-8-7-11-18(19)23-17-9-5-4-6-10-17/h4-15,23H,1-3H3,(H,22,24). The molecular weight excluding hydrogens is 294 g/mol. The molecule has 1 heterocycles. The highest BCUT2D eigenvalue weighted by Crippen LogP contribution is 2.29. The van der Waals surface area contributed by atoms with E-state index in [9.17, 15) is 0 Å². The summed E-state index contributed by atoms with van der Waals surface area (Å²) in [6.45, 7) is 6.62. The van der Waals surface area contributed by atoms with Gasteiger partial charge in [-0.25, -0.2) is 4.98 Å². The van der Waals surface area contributed by atoms with Crippen LogP contribution in [0.4, 0.5) is 22.9 Å². The minimum atomic E-state index is 0.0984. The van der Waals surface area contributed by atoms with Crippen LogP contribution < -0.4 is 10.6 Å². The molecule has 3 heteroatoms. The maximum Gasteiger partial charge on any atom is 0.130 e. The van der Waals surface area contributed by atoms with Gasteiger partial charge in [0.1, 0.15) is 5.82 Å². The number of pyridine rings is 1. The lowest BCUT2D eigenvalue weighted by molar-refractivity contribution is 0.589. The van der Waals surface area contributed by atoms with E-state index in [0.29, 0.717) is 0 Å². The summed E-state index contributed by atoms with van der Waals surface area (Å²) in [5.41, 5.74) is 4.43. The minimum Gasteiger partial charge on any atom is -0.354 e. The molecule has 0 saturated heterocycles. The monoisotopic (exact) mass is 317 g/mol. The van der Waals surface area contributed by atoms with E-state index in [2.05, 4.69) is 72.8 Å². The van der Waals surface area contributed by atoms with Gasteiger partial charge >= 0.3 is 0 Å². The number of hydrogen-bond donors (Lipinski definition) is 2. The Kier molecular flexibility index (Phi) is 4.52. The Labute approximate surface area is 143 Å². The number of para-hydroxylation sites is 3. The average Bonchev–Trinajstić information content (AvgIpc) is 2.57. The lowest BCUT2D eigenvalue weighted by atomic mass is 9.88. The van der Waals surface area contributed by atoms with Crippen LogP contribution in [0, 0.1) is 0 Å². The molecular formula is C21H23N3. The van der Waals surface area contributed by atoms with Crippen molar-refractivity contribution >= 4 is 22.9 Å². The molecule has 0 unspecified atom stereocenters. The molecule has 0 fully saturated rings. The number of benzene rings is 2. The minimum absolute atomic E-state index is 0.0984. The van der Waals surface area contributed by atoms with Gasteiger partial charge in [-0.2, -0.15) is 0 Å². The van der Waals surface area contributed by atoms with E-state index in [1.807, 2.05) is 36.5 Å². The number of nitrogens with zero attached hydrogens (tertiary/aromatic N) is 1. The Morgan fingerprint density at radius 2 is 1.38 bits per heavy atom. The van der Waals surface area contributed by atoms with Gasteiger partial charge in [-0.1, -0.05) is 51.1 Å². The topological polar surface area (TPSA) is 37.0 Å². The van der Waals surface area contributed by atoms with E-state index in [4.69, 9.17) is 0 Å². The summed E-state index contributed by atoms with van der Waals surface area (Å²) in [5.74, 6) is 0.852. The second kappa shape index (κ2) is 6.75. The predicted molar refractivity (Wildman–Crippen MR) is 102 cm³/mol. The molecule has 3 nitrogen and oxygen atoms in total. The summed E-state index contributed by atoms with van der Waals surface area (Å²) < 4.78 is 0. The van der Waals surface area contributed by atoms with Crippen molar-refractivity contribution in [2.24, 2.45) is 0 Å². The second-order valence-corrected chi connectivity index (χ2v) is 6.84. The van der Waals surface area contributed by atoms with Crippen molar-refractivity contribution in [2.45, 2.75) is 26.2 Å². The zero-order valence-corrected chi connectivity index (χ0v) is 14.4. The fourth-order valence-electron chi connectivity index (χ4n) is 2.48. The Hall–Kier alpha value is -2.81. The average molecular weight is 317 g/mol. The fourth-order valence-corrected chi connectivity index (χ4v) is 2.48. The zero-order chi connectivity index (χ0) is 17.0. The first kappa shape index (κ1) is 16.1. The summed E-state index contributed by atoms with van der Waals surface area (Å²) in [6.07, 6.45) is 1.86. The first-order valence-corrected chi connectivity index (χ1v) is 8.17. The number of nitrogens with one attached hydrogen (secondary N) is 2. The van der Waals surface area contributed by atoms with Crippen LogP contribution in [0.5, 0.6) is 0 Å². The number of rotatable bonds is 4. The van der Waals surface area contributed by atoms with E-state index in [-0.39, 0.29) is 5.41 Å². The summed E-state index contributed by atoms with van der Waals surface area (Å²) in [6, 6.07) is 22.5. The summed E-state index contributed by atoms with van der Waals surface area (Å²) >= 11 is 0. The number of hydrogen-bond acceptors (Lipinski definition) is 3. The van der Waals surface area contributed by atoms with Crippen molar-refractivity contribution in [3.05, 3.63) is 78.5 Å². The molecule has 3 aromatic rings. The quantitative estimate of drug-likeness (QED) is 0.632. The van der Waals surface area contributed by atoms with Gasteiger partial charge in [0.05, 0.1) is 11.4 Å². The van der Waals surface area contributed by atoms with Crippen LogP contribution in [0.3, 0.4) is 0 Å². The molecule has 122 valence electrons. The maximum atomic E-state index is 4.46. The van der Waals surface area contributed by atoms with E-state index in [1.165, 1.54) is 5.56 Å². The van der Waals surface area contributed by atoms with E-state index in [0.717, 1.165) is 22.9 Å². The van der Waals surface area contributed by atoms with Gasteiger partial charge in [0, 0.05) is 11.9 Å². The molecule has 0 saturated carbocycles. The van der Waals surface area contributed by atoms with Gasteiger partial charge in [0.15, 0.2) is 0 Å². The van der Waals surface area contributed by atoms with Crippen molar-refractivity contribution in [3.63, 3.8) is 0 Å². The van der Waals surface area contributed by atoms with E-state index >= 15 is 0 Å². The van der Waals surface area contributed by atoms with E-state index < -0.39 is 0 Å². The Morgan fingerprint density at radius 1 is 0.750 bits per heavy atom. The third kappa shape index (κ3) is 3.93. The molecule has 24 heavy (non-hydrogen) atoms. The highest BCUT2D eigenvalue weighted by Gasteiger charge is 2.14. The first-order chi connectivity index (χ1) is 11.5. The van der Waals surface area contributed by atoms with Crippen LogP contribution in [0.25, 0.3) is 0 Å². The lowest BCUT2D eigenvalue weighted by Crippen LogP contribution is -2.11. The third-order valence-electron chi connectivity index (χ3n) is 3.87. The van der Waals surface area contributed by atoms with Crippen molar-refractivity contribution in [1.82, 2.24) is 4.98 Å². The highest BCUT2D eigenvalue weighted by molar-refractivity contribution is 5.77. The smallest absolute Gasteiger partial charge is 0.130 e. The predicted octanol–water partition coefficient (Wildman–Crippen LogP) is 5.87. The first-order valence-electron chi connectivity index (χ1n) is 8.17. The normalized spacial score (nSPS) is 11.1. The summed E-state index contributed by atoms with van der Waals surface area (Å²) in [7, 11) is 0. The molecule has 0 radical (unpaired) electrons. The molecule has 2 N–H and O–H groups in total. The van der Waals surface area contributed by atoms with Gasteiger partial charge in [0.25, 0.3) is 0 Å². The number of aromatic nitrogens is 1. The SMILES string of the molecule is CC(C)(C)c1ccnc(Nc2ccccc2Nc2ccccc2)c1. The third-order valence-corrected chi connectivity index (χ3v) is 3.87. The largest absolute Gasteiger partial charge is 0.354 e. The van der Waals surface area contributed by atoms with E-state index in [1.54, 1.807) is 0 Å². The van der Waals surface area contributed by atoms with Gasteiger partial charge < -0.3 is 10.6 Å². The van der Waals surface area contributed by atoms with Crippen LogP contribution in [0.2, 0.25) is 0 Å². The molecule has 0 bridgehead atoms. The fraction of sp³-hybridized carbons (Fsp3) is 0.190. The zero-order valence-electron chi connectivity index (χ0n) is 14.4. The van der Waals surface area contributed by atoms with Crippen LogP contribution in [-0.2, 0) is 5.41 Å². The molecule has 2 aromatic carbocycles. The van der Waals surface area contributed by atoms with Gasteiger partial charge in [-0.15, -0.1) is 0 Å². The van der Waals surface area contributed by atoms with Gasteiger partial charge in [0.2, 0.25) is 0 Å².